The van der Waals surface area contributed by atoms with Crippen LogP contribution in [0.2, 0.25) is 10.0 Å². The van der Waals surface area contributed by atoms with E-state index in [1.807, 2.05) is 0 Å². The van der Waals surface area contributed by atoms with E-state index in [0.717, 1.165) is 17.7 Å². The molecule has 0 atom stereocenters. The van der Waals surface area contributed by atoms with Crippen molar-refractivity contribution < 1.29 is 14.4 Å². The summed E-state index contributed by atoms with van der Waals surface area (Å²) in [5, 5.41) is 8.49. The number of urea groups is 1. The van der Waals surface area contributed by atoms with Crippen molar-refractivity contribution in [3.63, 3.8) is 0 Å². The van der Waals surface area contributed by atoms with Gasteiger partial charge in [0.1, 0.15) is 12.1 Å². The van der Waals surface area contributed by atoms with Crippen LogP contribution >= 0.6 is 34.5 Å². The van der Waals surface area contributed by atoms with Gasteiger partial charge >= 0.3 is 6.03 Å². The topological polar surface area (TPSA) is 91.4 Å². The highest BCUT2D eigenvalue weighted by molar-refractivity contribution is 7.14. The van der Waals surface area contributed by atoms with E-state index in [9.17, 15) is 14.4 Å². The Bertz CT molecular complexity index is 971. The Kier molecular flexibility index (Phi) is 5.03. The number of nitrogens with one attached hydrogen (secondary N) is 2. The quantitative estimate of drug-likeness (QED) is 0.707. The molecule has 1 saturated carbocycles. The summed E-state index contributed by atoms with van der Waals surface area (Å²) in [5.74, 6) is -0.813. The van der Waals surface area contributed by atoms with Gasteiger partial charge in [-0.15, -0.1) is 11.3 Å². The minimum absolute atomic E-state index is 0.323. The average molecular weight is 439 g/mol. The number of benzene rings is 1. The molecule has 0 unspecified atom stereocenters. The minimum Gasteiger partial charge on any atom is -0.323 e. The Hall–Kier alpha value is -2.16. The normalized spacial score (nSPS) is 18.0. The number of hydrogen-bond donors (Lipinski definition) is 2. The van der Waals surface area contributed by atoms with Crippen molar-refractivity contribution in [2.24, 2.45) is 0 Å². The summed E-state index contributed by atoms with van der Waals surface area (Å²) >= 11 is 13.4. The maximum absolute atomic E-state index is 12.6. The summed E-state index contributed by atoms with van der Waals surface area (Å²) in [7, 11) is 0. The molecule has 1 aromatic carbocycles. The summed E-state index contributed by atoms with van der Waals surface area (Å²) in [6.07, 6.45) is 3.01. The zero-order valence-corrected chi connectivity index (χ0v) is 17.0. The number of anilines is 1. The minimum atomic E-state index is -0.824. The monoisotopic (exact) mass is 438 g/mol. The van der Waals surface area contributed by atoms with Gasteiger partial charge < -0.3 is 10.6 Å². The van der Waals surface area contributed by atoms with Crippen LogP contribution in [0.4, 0.5) is 9.93 Å². The lowest BCUT2D eigenvalue weighted by molar-refractivity contribution is -0.133. The highest BCUT2D eigenvalue weighted by atomic mass is 35.5. The van der Waals surface area contributed by atoms with Crippen LogP contribution in [0.5, 0.6) is 0 Å². The summed E-state index contributed by atoms with van der Waals surface area (Å²) in [6, 6.07) is 4.52. The fraction of sp³-hybridized carbons (Fsp3) is 0.333. The molecule has 4 rings (SSSR count). The van der Waals surface area contributed by atoms with Crippen LogP contribution in [0.25, 0.3) is 11.3 Å². The predicted molar refractivity (Wildman–Crippen MR) is 108 cm³/mol. The van der Waals surface area contributed by atoms with Gasteiger partial charge in [0.15, 0.2) is 5.13 Å². The molecule has 28 heavy (non-hydrogen) atoms. The second kappa shape index (κ2) is 7.35. The van der Waals surface area contributed by atoms with E-state index in [4.69, 9.17) is 23.2 Å². The van der Waals surface area contributed by atoms with Crippen LogP contribution in [0.1, 0.15) is 25.7 Å². The van der Waals surface area contributed by atoms with E-state index in [1.54, 1.807) is 23.6 Å². The van der Waals surface area contributed by atoms with E-state index < -0.39 is 17.5 Å². The smallest absolute Gasteiger partial charge is 0.323 e. The lowest BCUT2D eigenvalue weighted by Gasteiger charge is -2.19. The summed E-state index contributed by atoms with van der Waals surface area (Å²) < 4.78 is 0. The van der Waals surface area contributed by atoms with E-state index in [-0.39, 0.29) is 12.5 Å². The number of halogens is 2. The molecule has 1 aromatic heterocycles. The first-order valence-electron chi connectivity index (χ1n) is 8.73. The van der Waals surface area contributed by atoms with Gasteiger partial charge in [-0.1, -0.05) is 36.0 Å². The molecule has 146 valence electrons. The third-order valence-electron chi connectivity index (χ3n) is 4.96. The molecule has 4 amide bonds. The van der Waals surface area contributed by atoms with E-state index in [2.05, 4.69) is 15.6 Å². The summed E-state index contributed by atoms with van der Waals surface area (Å²) in [6.45, 7) is -0.348. The Balaban J connectivity index is 1.44. The van der Waals surface area contributed by atoms with Gasteiger partial charge in [0.25, 0.3) is 5.91 Å². The maximum atomic E-state index is 12.6. The molecule has 2 N–H and O–H groups in total. The standard InChI is InChI=1S/C18H16Cl2N4O3S/c19-10-3-4-12(20)11(7-10)13-9-28-16(21-13)22-14(25)8-24-15(26)18(23-17(24)27)5-1-2-6-18/h3-4,7,9H,1-2,5-6,8H2,(H,23,27)(H,21,22,25). The van der Waals surface area contributed by atoms with Crippen LogP contribution < -0.4 is 10.6 Å². The number of hydrogen-bond acceptors (Lipinski definition) is 5. The largest absolute Gasteiger partial charge is 0.325 e. The Morgan fingerprint density at radius 3 is 2.79 bits per heavy atom. The van der Waals surface area contributed by atoms with Crippen molar-refractivity contribution in [2.45, 2.75) is 31.2 Å². The van der Waals surface area contributed by atoms with Crippen LogP contribution in [0.15, 0.2) is 23.6 Å². The SMILES string of the molecule is O=C(CN1C(=O)NC2(CCCC2)C1=O)Nc1nc(-c2cc(Cl)ccc2Cl)cs1. The van der Waals surface area contributed by atoms with Gasteiger partial charge in [-0.05, 0) is 31.0 Å². The second-order valence-electron chi connectivity index (χ2n) is 6.82. The Morgan fingerprint density at radius 1 is 1.29 bits per heavy atom. The number of carbonyl (C=O) groups excluding carboxylic acids is 3. The van der Waals surface area contributed by atoms with Crippen molar-refractivity contribution in [1.82, 2.24) is 15.2 Å². The van der Waals surface area contributed by atoms with Gasteiger partial charge in [-0.25, -0.2) is 9.78 Å². The third-order valence-corrected chi connectivity index (χ3v) is 6.28. The number of thiazole rings is 1. The average Bonchev–Trinajstić information content (AvgIpc) is 3.35. The number of amides is 4. The summed E-state index contributed by atoms with van der Waals surface area (Å²) in [4.78, 5) is 42.5. The first-order chi connectivity index (χ1) is 13.4. The van der Waals surface area contributed by atoms with Crippen LogP contribution in [0.3, 0.4) is 0 Å². The molecule has 0 radical (unpaired) electrons. The molecule has 10 heteroatoms. The number of carbonyl (C=O) groups is 3. The van der Waals surface area contributed by atoms with Gasteiger partial charge in [0, 0.05) is 16.0 Å². The zero-order valence-electron chi connectivity index (χ0n) is 14.6. The van der Waals surface area contributed by atoms with Gasteiger partial charge in [0.2, 0.25) is 5.91 Å². The molecule has 1 aliphatic carbocycles. The number of nitrogens with zero attached hydrogens (tertiary/aromatic N) is 2. The molecular formula is C18H16Cl2N4O3S. The van der Waals surface area contributed by atoms with E-state index in [1.165, 1.54) is 11.3 Å². The number of aromatic nitrogens is 1. The highest BCUT2D eigenvalue weighted by Gasteiger charge is 2.52. The highest BCUT2D eigenvalue weighted by Crippen LogP contribution is 2.35. The number of imide groups is 1. The lowest BCUT2D eigenvalue weighted by atomic mass is 9.98. The van der Waals surface area contributed by atoms with Crippen molar-refractivity contribution in [3.05, 3.63) is 33.6 Å². The van der Waals surface area contributed by atoms with Crippen molar-refractivity contribution in [2.75, 3.05) is 11.9 Å². The predicted octanol–water partition coefficient (Wildman–Crippen LogP) is 3.92. The van der Waals surface area contributed by atoms with Crippen LogP contribution in [-0.4, -0.2) is 39.8 Å². The Labute approximate surface area is 175 Å². The van der Waals surface area contributed by atoms with Gasteiger partial charge in [-0.2, -0.15) is 0 Å². The Morgan fingerprint density at radius 2 is 2.04 bits per heavy atom. The zero-order chi connectivity index (χ0) is 19.9. The van der Waals surface area contributed by atoms with Crippen LogP contribution in [-0.2, 0) is 9.59 Å². The third kappa shape index (κ3) is 3.47. The number of rotatable bonds is 4. The van der Waals surface area contributed by atoms with E-state index in [0.29, 0.717) is 39.3 Å². The molecule has 0 bridgehead atoms. The van der Waals surface area contributed by atoms with Gasteiger partial charge in [0.05, 0.1) is 10.7 Å². The molecule has 1 spiro atoms. The lowest BCUT2D eigenvalue weighted by Crippen LogP contribution is -2.44. The molecule has 1 aliphatic heterocycles. The molecule has 1 saturated heterocycles. The summed E-state index contributed by atoms with van der Waals surface area (Å²) in [5.41, 5.74) is 0.408. The maximum Gasteiger partial charge on any atom is 0.325 e. The first-order valence-corrected chi connectivity index (χ1v) is 10.4. The molecule has 2 aromatic rings. The van der Waals surface area contributed by atoms with Crippen molar-refractivity contribution in [3.8, 4) is 11.3 Å². The molecule has 2 aliphatic rings. The van der Waals surface area contributed by atoms with Gasteiger partial charge in [-0.3, -0.25) is 14.5 Å². The molecule has 2 heterocycles. The second-order valence-corrected chi connectivity index (χ2v) is 8.52. The molecular weight excluding hydrogens is 423 g/mol. The first kappa shape index (κ1) is 19.2. The van der Waals surface area contributed by atoms with Crippen molar-refractivity contribution in [1.29, 1.82) is 0 Å². The molecule has 2 fully saturated rings. The molecule has 7 nitrogen and oxygen atoms in total. The van der Waals surface area contributed by atoms with Crippen LogP contribution in [0, 0.1) is 0 Å². The fourth-order valence-electron chi connectivity index (χ4n) is 3.59. The van der Waals surface area contributed by atoms with E-state index >= 15 is 0 Å². The fourth-order valence-corrected chi connectivity index (χ4v) is 4.70. The van der Waals surface area contributed by atoms with Crippen molar-refractivity contribution >= 4 is 57.5 Å².